The largest absolute Gasteiger partial charge is 0.381 e. The molecule has 0 saturated carbocycles. The third-order valence-electron chi connectivity index (χ3n) is 2.90. The summed E-state index contributed by atoms with van der Waals surface area (Å²) < 4.78 is 27.5. The molecule has 2 rings (SSSR count). The number of piperazine rings is 1. The van der Waals surface area contributed by atoms with Gasteiger partial charge in [0.15, 0.2) is 5.82 Å². The number of likely N-dealkylation sites (N-methyl/N-ethyl adjacent to an activating group) is 1. The van der Waals surface area contributed by atoms with Gasteiger partial charge in [-0.05, 0) is 7.05 Å². The molecule has 0 aromatic carbocycles. The van der Waals surface area contributed by atoms with Crippen LogP contribution >= 0.6 is 0 Å². The summed E-state index contributed by atoms with van der Waals surface area (Å²) in [5.41, 5.74) is 5.61. The monoisotopic (exact) mass is 259 g/mol. The van der Waals surface area contributed by atoms with Crippen LogP contribution in [0.4, 0.5) is 5.82 Å². The third-order valence-corrected chi connectivity index (χ3v) is 4.82. The number of nitrogens with zero attached hydrogens (tertiary/aromatic N) is 4. The highest BCUT2D eigenvalue weighted by Crippen LogP contribution is 2.21. The molecule has 1 saturated heterocycles. The van der Waals surface area contributed by atoms with Crippen molar-refractivity contribution in [2.45, 2.75) is 4.90 Å². The first-order chi connectivity index (χ1) is 7.91. The first-order valence-electron chi connectivity index (χ1n) is 5.39. The van der Waals surface area contributed by atoms with Gasteiger partial charge in [-0.15, -0.1) is 0 Å². The molecule has 7 nitrogen and oxygen atoms in total. The second-order valence-electron chi connectivity index (χ2n) is 4.26. The standard InChI is InChI=1S/C9H17N5O2S/c1-12-3-5-14(6-4-12)17(15,16)8-7-13(2)11-9(8)10/h7H,3-6H2,1-2H3,(H2,10,11). The van der Waals surface area contributed by atoms with E-state index in [1.54, 1.807) is 7.05 Å². The van der Waals surface area contributed by atoms with Crippen molar-refractivity contribution in [3.63, 3.8) is 0 Å². The zero-order chi connectivity index (χ0) is 12.6. The van der Waals surface area contributed by atoms with Crippen molar-refractivity contribution in [3.05, 3.63) is 6.20 Å². The summed E-state index contributed by atoms with van der Waals surface area (Å²) in [5, 5.41) is 3.87. The Hall–Kier alpha value is -1.12. The molecule has 0 spiro atoms. The summed E-state index contributed by atoms with van der Waals surface area (Å²) in [6.07, 6.45) is 1.45. The van der Waals surface area contributed by atoms with Crippen LogP contribution in [0.5, 0.6) is 0 Å². The molecule has 96 valence electrons. The Kier molecular flexibility index (Phi) is 3.11. The lowest BCUT2D eigenvalue weighted by Gasteiger charge is -2.31. The van der Waals surface area contributed by atoms with Crippen LogP contribution in [0.3, 0.4) is 0 Å². The van der Waals surface area contributed by atoms with Gasteiger partial charge in [-0.3, -0.25) is 4.68 Å². The van der Waals surface area contributed by atoms with Crippen molar-refractivity contribution in [1.29, 1.82) is 0 Å². The highest BCUT2D eigenvalue weighted by atomic mass is 32.2. The molecule has 17 heavy (non-hydrogen) atoms. The van der Waals surface area contributed by atoms with Gasteiger partial charge in [0.05, 0.1) is 0 Å². The highest BCUT2D eigenvalue weighted by Gasteiger charge is 2.30. The molecule has 2 heterocycles. The number of aromatic nitrogens is 2. The van der Waals surface area contributed by atoms with Crippen LogP contribution in [0, 0.1) is 0 Å². The minimum atomic E-state index is -3.50. The Bertz CT molecular complexity index is 501. The van der Waals surface area contributed by atoms with Gasteiger partial charge in [0.1, 0.15) is 4.90 Å². The van der Waals surface area contributed by atoms with Crippen molar-refractivity contribution in [1.82, 2.24) is 19.0 Å². The average Bonchev–Trinajstić information content (AvgIpc) is 2.59. The number of nitrogens with two attached hydrogens (primary N) is 1. The van der Waals surface area contributed by atoms with Gasteiger partial charge < -0.3 is 10.6 Å². The number of sulfonamides is 1. The predicted octanol–water partition coefficient (Wildman–Crippen LogP) is -1.06. The van der Waals surface area contributed by atoms with Gasteiger partial charge in [-0.1, -0.05) is 0 Å². The zero-order valence-corrected chi connectivity index (χ0v) is 10.8. The fraction of sp³-hybridized carbons (Fsp3) is 0.667. The Morgan fingerprint density at radius 2 is 1.82 bits per heavy atom. The Morgan fingerprint density at radius 1 is 1.24 bits per heavy atom. The number of hydrogen-bond acceptors (Lipinski definition) is 5. The molecule has 1 aliphatic heterocycles. The van der Waals surface area contributed by atoms with Crippen LogP contribution in [-0.2, 0) is 17.1 Å². The van der Waals surface area contributed by atoms with Crippen LogP contribution in [0.15, 0.2) is 11.1 Å². The van der Waals surface area contributed by atoms with Gasteiger partial charge >= 0.3 is 0 Å². The van der Waals surface area contributed by atoms with E-state index in [9.17, 15) is 8.42 Å². The SMILES string of the molecule is CN1CCN(S(=O)(=O)c2cn(C)nc2N)CC1. The van der Waals surface area contributed by atoms with Crippen molar-refractivity contribution >= 4 is 15.8 Å². The van der Waals surface area contributed by atoms with E-state index in [-0.39, 0.29) is 10.7 Å². The van der Waals surface area contributed by atoms with Crippen LogP contribution in [0.25, 0.3) is 0 Å². The number of anilines is 1. The fourth-order valence-corrected chi connectivity index (χ4v) is 3.36. The molecule has 1 aromatic rings. The second-order valence-corrected chi connectivity index (χ2v) is 6.17. The van der Waals surface area contributed by atoms with E-state index >= 15 is 0 Å². The van der Waals surface area contributed by atoms with E-state index < -0.39 is 10.0 Å². The average molecular weight is 259 g/mol. The molecule has 0 atom stereocenters. The molecule has 8 heteroatoms. The van der Waals surface area contributed by atoms with Crippen LogP contribution in [0.1, 0.15) is 0 Å². The van der Waals surface area contributed by atoms with E-state index in [0.29, 0.717) is 13.1 Å². The van der Waals surface area contributed by atoms with Gasteiger partial charge in [0.25, 0.3) is 0 Å². The Morgan fingerprint density at radius 3 is 2.29 bits per heavy atom. The lowest BCUT2D eigenvalue weighted by Crippen LogP contribution is -2.47. The molecule has 0 unspecified atom stereocenters. The third kappa shape index (κ3) is 2.28. The summed E-state index contributed by atoms with van der Waals surface area (Å²) in [4.78, 5) is 2.20. The van der Waals surface area contributed by atoms with Crippen molar-refractivity contribution in [3.8, 4) is 0 Å². The lowest BCUT2D eigenvalue weighted by molar-refractivity contribution is 0.222. The molecule has 0 radical (unpaired) electrons. The maximum atomic E-state index is 12.3. The van der Waals surface area contributed by atoms with E-state index in [0.717, 1.165) is 13.1 Å². The van der Waals surface area contributed by atoms with Crippen LogP contribution in [-0.4, -0.2) is 60.6 Å². The normalized spacial score (nSPS) is 19.6. The van der Waals surface area contributed by atoms with Crippen molar-refractivity contribution < 1.29 is 8.42 Å². The first-order valence-corrected chi connectivity index (χ1v) is 6.83. The van der Waals surface area contributed by atoms with E-state index in [2.05, 4.69) is 10.00 Å². The Balaban J connectivity index is 2.28. The van der Waals surface area contributed by atoms with Crippen molar-refractivity contribution in [2.24, 2.45) is 7.05 Å². The second kappa shape index (κ2) is 4.28. The molecule has 0 amide bonds. The molecule has 1 aromatic heterocycles. The van der Waals surface area contributed by atoms with E-state index in [1.807, 2.05) is 7.05 Å². The van der Waals surface area contributed by atoms with Gasteiger partial charge in [-0.2, -0.15) is 9.40 Å². The molecular formula is C9H17N5O2S. The minimum Gasteiger partial charge on any atom is -0.381 e. The summed E-state index contributed by atoms with van der Waals surface area (Å²) in [7, 11) is 0.130. The highest BCUT2D eigenvalue weighted by molar-refractivity contribution is 7.89. The number of nitrogen functional groups attached to an aromatic ring is 1. The topological polar surface area (TPSA) is 84.5 Å². The van der Waals surface area contributed by atoms with Gasteiger partial charge in [0.2, 0.25) is 10.0 Å². The zero-order valence-electron chi connectivity index (χ0n) is 10.00. The number of hydrogen-bond donors (Lipinski definition) is 1. The minimum absolute atomic E-state index is 0.0615. The van der Waals surface area contributed by atoms with Crippen LogP contribution < -0.4 is 5.73 Å². The number of rotatable bonds is 2. The van der Waals surface area contributed by atoms with E-state index in [1.165, 1.54) is 15.2 Å². The van der Waals surface area contributed by atoms with E-state index in [4.69, 9.17) is 5.73 Å². The lowest BCUT2D eigenvalue weighted by atomic mass is 10.4. The fourth-order valence-electron chi connectivity index (χ4n) is 1.85. The molecule has 2 N–H and O–H groups in total. The van der Waals surface area contributed by atoms with Gasteiger partial charge in [-0.25, -0.2) is 8.42 Å². The first kappa shape index (κ1) is 12.3. The molecule has 1 aliphatic rings. The predicted molar refractivity (Wildman–Crippen MR) is 63.9 cm³/mol. The smallest absolute Gasteiger partial charge is 0.248 e. The summed E-state index contributed by atoms with van der Waals surface area (Å²) in [6, 6.07) is 0. The molecule has 1 fully saturated rings. The summed E-state index contributed by atoms with van der Waals surface area (Å²) >= 11 is 0. The van der Waals surface area contributed by atoms with Crippen molar-refractivity contribution in [2.75, 3.05) is 39.0 Å². The van der Waals surface area contributed by atoms with Gasteiger partial charge in [0, 0.05) is 39.4 Å². The molecule has 0 bridgehead atoms. The Labute approximate surface area is 101 Å². The molecule has 0 aliphatic carbocycles. The maximum absolute atomic E-state index is 12.3. The quantitative estimate of drug-likeness (QED) is 0.731. The number of aryl methyl sites for hydroxylation is 1. The molecular weight excluding hydrogens is 242 g/mol. The summed E-state index contributed by atoms with van der Waals surface area (Å²) in [5.74, 6) is 0.0615. The maximum Gasteiger partial charge on any atom is 0.248 e. The summed E-state index contributed by atoms with van der Waals surface area (Å²) in [6.45, 7) is 2.46. The van der Waals surface area contributed by atoms with Crippen LogP contribution in [0.2, 0.25) is 0 Å².